The second kappa shape index (κ2) is 5.13. The Morgan fingerprint density at radius 3 is 2.62 bits per heavy atom. The van der Waals surface area contributed by atoms with Crippen LogP contribution in [0.5, 0.6) is 0 Å². The Hall–Kier alpha value is -1.34. The van der Waals surface area contributed by atoms with E-state index in [0.717, 1.165) is 24.4 Å². The Morgan fingerprint density at radius 2 is 2.12 bits per heavy atom. The summed E-state index contributed by atoms with van der Waals surface area (Å²) in [6.45, 7) is 9.13. The van der Waals surface area contributed by atoms with Crippen LogP contribution in [0.15, 0.2) is 4.42 Å². The Labute approximate surface area is 96.7 Å². The van der Waals surface area contributed by atoms with Crippen LogP contribution in [-0.4, -0.2) is 11.5 Å². The standard InChI is InChI=1S/C12H19N3O/c1-9-10(2)16-11(15-9)7-14-6-5-12(3,4)8-13/h14H,5-7H2,1-4H3. The van der Waals surface area contributed by atoms with Gasteiger partial charge in [-0.05, 0) is 40.7 Å². The number of nitrogens with zero attached hydrogens (tertiary/aromatic N) is 2. The molecule has 16 heavy (non-hydrogen) atoms. The third-order valence-corrected chi connectivity index (χ3v) is 2.58. The average molecular weight is 221 g/mol. The maximum Gasteiger partial charge on any atom is 0.208 e. The molecule has 0 saturated heterocycles. The van der Waals surface area contributed by atoms with Crippen molar-refractivity contribution in [2.75, 3.05) is 6.54 Å². The van der Waals surface area contributed by atoms with Crippen molar-refractivity contribution in [3.63, 3.8) is 0 Å². The van der Waals surface area contributed by atoms with Gasteiger partial charge in [-0.15, -0.1) is 0 Å². The highest BCUT2D eigenvalue weighted by molar-refractivity contribution is 5.05. The number of rotatable bonds is 5. The lowest BCUT2D eigenvalue weighted by Gasteiger charge is -2.14. The highest BCUT2D eigenvalue weighted by atomic mass is 16.4. The molecule has 0 unspecified atom stereocenters. The predicted molar refractivity (Wildman–Crippen MR) is 61.7 cm³/mol. The van der Waals surface area contributed by atoms with Gasteiger partial charge in [0.2, 0.25) is 5.89 Å². The van der Waals surface area contributed by atoms with Crippen LogP contribution >= 0.6 is 0 Å². The topological polar surface area (TPSA) is 61.9 Å². The highest BCUT2D eigenvalue weighted by Gasteiger charge is 2.15. The van der Waals surface area contributed by atoms with Crippen LogP contribution in [0.25, 0.3) is 0 Å². The largest absolute Gasteiger partial charge is 0.444 e. The monoisotopic (exact) mass is 221 g/mol. The van der Waals surface area contributed by atoms with Gasteiger partial charge in [-0.1, -0.05) is 0 Å². The Morgan fingerprint density at radius 1 is 1.44 bits per heavy atom. The number of oxazole rings is 1. The van der Waals surface area contributed by atoms with E-state index in [2.05, 4.69) is 16.4 Å². The maximum atomic E-state index is 8.84. The normalized spacial score (nSPS) is 11.4. The zero-order valence-corrected chi connectivity index (χ0v) is 10.4. The molecule has 1 aromatic heterocycles. The van der Waals surface area contributed by atoms with Gasteiger partial charge in [0.05, 0.1) is 23.7 Å². The summed E-state index contributed by atoms with van der Waals surface area (Å²) >= 11 is 0. The van der Waals surface area contributed by atoms with Gasteiger partial charge in [-0.3, -0.25) is 0 Å². The first-order valence-corrected chi connectivity index (χ1v) is 5.49. The van der Waals surface area contributed by atoms with Crippen molar-refractivity contribution in [2.45, 2.75) is 40.7 Å². The van der Waals surface area contributed by atoms with Crippen LogP contribution in [0, 0.1) is 30.6 Å². The zero-order chi connectivity index (χ0) is 12.2. The van der Waals surface area contributed by atoms with E-state index in [4.69, 9.17) is 9.68 Å². The molecule has 0 aliphatic rings. The van der Waals surface area contributed by atoms with Gasteiger partial charge < -0.3 is 9.73 Å². The van der Waals surface area contributed by atoms with Crippen molar-refractivity contribution in [1.29, 1.82) is 5.26 Å². The van der Waals surface area contributed by atoms with E-state index in [9.17, 15) is 0 Å². The van der Waals surface area contributed by atoms with Gasteiger partial charge in [0.15, 0.2) is 0 Å². The molecule has 0 radical (unpaired) electrons. The smallest absolute Gasteiger partial charge is 0.208 e. The lowest BCUT2D eigenvalue weighted by Crippen LogP contribution is -2.21. The Balaban J connectivity index is 2.29. The summed E-state index contributed by atoms with van der Waals surface area (Å²) in [4.78, 5) is 4.27. The molecule has 1 aromatic rings. The Kier molecular flexibility index (Phi) is 4.08. The third-order valence-electron chi connectivity index (χ3n) is 2.58. The van der Waals surface area contributed by atoms with Gasteiger partial charge in [-0.2, -0.15) is 5.26 Å². The minimum atomic E-state index is -0.268. The maximum absolute atomic E-state index is 8.84. The van der Waals surface area contributed by atoms with E-state index in [0.29, 0.717) is 12.4 Å². The van der Waals surface area contributed by atoms with Crippen LogP contribution in [0.3, 0.4) is 0 Å². The molecule has 0 aliphatic heterocycles. The van der Waals surface area contributed by atoms with Crippen LogP contribution in [-0.2, 0) is 6.54 Å². The quantitative estimate of drug-likeness (QED) is 0.775. The molecule has 0 atom stereocenters. The fourth-order valence-electron chi connectivity index (χ4n) is 1.27. The first-order chi connectivity index (χ1) is 7.44. The predicted octanol–water partition coefficient (Wildman–Crippen LogP) is 2.32. The van der Waals surface area contributed by atoms with Crippen LogP contribution in [0.4, 0.5) is 0 Å². The second-order valence-corrected chi connectivity index (χ2v) is 4.67. The van der Waals surface area contributed by atoms with E-state index in [1.165, 1.54) is 0 Å². The van der Waals surface area contributed by atoms with E-state index in [1.54, 1.807) is 0 Å². The Bertz CT molecular complexity index is 368. The van der Waals surface area contributed by atoms with Gasteiger partial charge in [-0.25, -0.2) is 4.98 Å². The molecular weight excluding hydrogens is 202 g/mol. The van der Waals surface area contributed by atoms with Crippen LogP contribution in [0.2, 0.25) is 0 Å². The fourth-order valence-corrected chi connectivity index (χ4v) is 1.27. The summed E-state index contributed by atoms with van der Waals surface area (Å²) in [5.74, 6) is 1.58. The number of hydrogen-bond donors (Lipinski definition) is 1. The lowest BCUT2D eigenvalue weighted by molar-refractivity contribution is 0.407. The first-order valence-electron chi connectivity index (χ1n) is 5.49. The van der Waals surface area contributed by atoms with Crippen LogP contribution in [0.1, 0.15) is 37.6 Å². The fraction of sp³-hybridized carbons (Fsp3) is 0.667. The summed E-state index contributed by atoms with van der Waals surface area (Å²) in [5.41, 5.74) is 0.671. The number of nitriles is 1. The van der Waals surface area contributed by atoms with Gasteiger partial charge in [0.1, 0.15) is 5.76 Å². The summed E-state index contributed by atoms with van der Waals surface area (Å²) in [6, 6.07) is 2.27. The molecule has 0 bridgehead atoms. The number of aryl methyl sites for hydroxylation is 2. The molecule has 1 heterocycles. The summed E-state index contributed by atoms with van der Waals surface area (Å²) < 4.78 is 5.43. The highest BCUT2D eigenvalue weighted by Crippen LogP contribution is 2.17. The first kappa shape index (κ1) is 12.7. The molecule has 0 amide bonds. The molecule has 0 fully saturated rings. The van der Waals surface area contributed by atoms with E-state index in [-0.39, 0.29) is 5.41 Å². The minimum Gasteiger partial charge on any atom is -0.444 e. The molecule has 4 heteroatoms. The van der Waals surface area contributed by atoms with Gasteiger partial charge >= 0.3 is 0 Å². The van der Waals surface area contributed by atoms with E-state index < -0.39 is 0 Å². The van der Waals surface area contributed by atoms with Crippen molar-refractivity contribution < 1.29 is 4.42 Å². The summed E-state index contributed by atoms with van der Waals surface area (Å²) in [6.07, 6.45) is 0.822. The summed E-state index contributed by atoms with van der Waals surface area (Å²) in [5, 5.41) is 12.1. The molecule has 0 aliphatic carbocycles. The third kappa shape index (κ3) is 3.67. The van der Waals surface area contributed by atoms with Crippen molar-refractivity contribution >= 4 is 0 Å². The molecule has 1 rings (SSSR count). The summed E-state index contributed by atoms with van der Waals surface area (Å²) in [7, 11) is 0. The van der Waals surface area contributed by atoms with E-state index in [1.807, 2.05) is 27.7 Å². The number of nitrogens with one attached hydrogen (secondary N) is 1. The minimum absolute atomic E-state index is 0.268. The molecule has 0 spiro atoms. The molecule has 88 valence electrons. The van der Waals surface area contributed by atoms with Crippen LogP contribution < -0.4 is 5.32 Å². The van der Waals surface area contributed by atoms with Crippen molar-refractivity contribution in [1.82, 2.24) is 10.3 Å². The molecule has 1 N–H and O–H groups in total. The van der Waals surface area contributed by atoms with Gasteiger partial charge in [0, 0.05) is 0 Å². The number of hydrogen-bond acceptors (Lipinski definition) is 4. The lowest BCUT2D eigenvalue weighted by atomic mass is 9.92. The SMILES string of the molecule is Cc1nc(CNCCC(C)(C)C#N)oc1C. The molecular formula is C12H19N3O. The average Bonchev–Trinajstić information content (AvgIpc) is 2.54. The van der Waals surface area contributed by atoms with Gasteiger partial charge in [0.25, 0.3) is 0 Å². The molecule has 0 aromatic carbocycles. The van der Waals surface area contributed by atoms with E-state index >= 15 is 0 Å². The van der Waals surface area contributed by atoms with Crippen molar-refractivity contribution in [3.05, 3.63) is 17.3 Å². The van der Waals surface area contributed by atoms with Crippen molar-refractivity contribution in [3.8, 4) is 6.07 Å². The molecule has 4 nitrogen and oxygen atoms in total. The van der Waals surface area contributed by atoms with Crippen molar-refractivity contribution in [2.24, 2.45) is 5.41 Å². The molecule has 0 saturated carbocycles. The zero-order valence-electron chi connectivity index (χ0n) is 10.4. The second-order valence-electron chi connectivity index (χ2n) is 4.67. The number of aromatic nitrogens is 1.